The molecular weight excluding hydrogens is 531 g/mol. The van der Waals surface area contributed by atoms with Crippen LogP contribution in [0.1, 0.15) is 12.8 Å². The number of aliphatic hydroxyl groups is 1. The number of nitro groups is 1. The number of imidazole rings is 2. The SMILES string of the molecule is CO.Nc1cc(Cl)ccc1NCCCn1ccnc1.O=[N+]([O-])c1cc(Cl)ccc1NCCCn1ccnc1. The second-order valence-electron chi connectivity index (χ2n) is 7.81. The summed E-state index contributed by atoms with van der Waals surface area (Å²) in [7, 11) is 1.00. The van der Waals surface area contributed by atoms with Crippen LogP contribution in [0.25, 0.3) is 0 Å². The minimum absolute atomic E-state index is 0.00451. The zero-order chi connectivity index (χ0) is 27.8. The molecule has 2 aromatic carbocycles. The van der Waals surface area contributed by atoms with Gasteiger partial charge in [-0.15, -0.1) is 0 Å². The maximum absolute atomic E-state index is 10.9. The molecule has 0 bridgehead atoms. The number of nitrogens with one attached hydrogen (secondary N) is 2. The molecule has 0 atom stereocenters. The first kappa shape index (κ1) is 30.4. The van der Waals surface area contributed by atoms with Gasteiger partial charge in [-0.05, 0) is 43.2 Å². The van der Waals surface area contributed by atoms with E-state index in [1.54, 1.807) is 36.9 Å². The number of aromatic nitrogens is 4. The summed E-state index contributed by atoms with van der Waals surface area (Å²) < 4.78 is 4.00. The van der Waals surface area contributed by atoms with E-state index in [1.165, 1.54) is 6.07 Å². The van der Waals surface area contributed by atoms with Crippen molar-refractivity contribution in [3.63, 3.8) is 0 Å². The van der Waals surface area contributed by atoms with Crippen molar-refractivity contribution in [2.24, 2.45) is 0 Å². The highest BCUT2D eigenvalue weighted by Crippen LogP contribution is 2.27. The number of rotatable bonds is 11. The number of aryl methyl sites for hydroxylation is 2. The summed E-state index contributed by atoms with van der Waals surface area (Å²) in [6.45, 7) is 3.26. The Morgan fingerprint density at radius 2 is 1.39 bits per heavy atom. The van der Waals surface area contributed by atoms with Crippen LogP contribution < -0.4 is 16.4 Å². The number of benzene rings is 2. The Hall–Kier alpha value is -3.80. The van der Waals surface area contributed by atoms with Gasteiger partial charge in [-0.1, -0.05) is 23.2 Å². The van der Waals surface area contributed by atoms with Gasteiger partial charge in [-0.25, -0.2) is 9.97 Å². The van der Waals surface area contributed by atoms with Crippen LogP contribution >= 0.6 is 23.2 Å². The average Bonchev–Trinajstić information content (AvgIpc) is 3.62. The summed E-state index contributed by atoms with van der Waals surface area (Å²) in [6, 6.07) is 10.1. The molecule has 0 aliphatic rings. The molecule has 0 aliphatic heterocycles. The van der Waals surface area contributed by atoms with Crippen molar-refractivity contribution in [3.05, 3.63) is 94.0 Å². The van der Waals surface area contributed by atoms with E-state index < -0.39 is 4.92 Å². The Balaban J connectivity index is 0.000000252. The molecule has 0 saturated carbocycles. The van der Waals surface area contributed by atoms with Gasteiger partial charge >= 0.3 is 0 Å². The first-order valence-corrected chi connectivity index (χ1v) is 12.5. The summed E-state index contributed by atoms with van der Waals surface area (Å²) in [5, 5.41) is 25.2. The molecule has 2 aromatic heterocycles. The van der Waals surface area contributed by atoms with Crippen LogP contribution in [0.4, 0.5) is 22.7 Å². The Bertz CT molecular complexity index is 1220. The first-order chi connectivity index (χ1) is 18.4. The maximum atomic E-state index is 10.9. The largest absolute Gasteiger partial charge is 0.400 e. The summed E-state index contributed by atoms with van der Waals surface area (Å²) in [5.74, 6) is 0. The number of anilines is 3. The van der Waals surface area contributed by atoms with Gasteiger partial charge in [0.05, 0.1) is 29.0 Å². The van der Waals surface area contributed by atoms with Gasteiger partial charge in [0.1, 0.15) is 5.69 Å². The van der Waals surface area contributed by atoms with Crippen LogP contribution in [0.2, 0.25) is 10.0 Å². The Kier molecular flexibility index (Phi) is 13.5. The lowest BCUT2D eigenvalue weighted by atomic mass is 10.2. The van der Waals surface area contributed by atoms with Gasteiger partial charge in [0, 0.05) is 74.2 Å². The zero-order valence-corrected chi connectivity index (χ0v) is 22.5. The number of halogens is 2. The molecule has 0 saturated heterocycles. The predicted octanol–water partition coefficient (Wildman–Crippen LogP) is 5.18. The van der Waals surface area contributed by atoms with Crippen molar-refractivity contribution in [2.75, 3.05) is 36.6 Å². The predicted molar refractivity (Wildman–Crippen MR) is 153 cm³/mol. The number of nitrogens with two attached hydrogens (primary N) is 1. The normalized spacial score (nSPS) is 10.0. The standard InChI is InChI=1S/C12H13ClN4O2.C12H15ClN4.CH4O/c13-10-2-3-11(12(8-10)17(18)19)15-4-1-6-16-7-5-14-9-16;13-10-2-3-12(11(14)8-10)16-4-1-6-17-7-5-15-9-17;1-2/h2-3,5,7-9,15H,1,4,6H2;2-3,5,7-9,16H,1,4,6,14H2;2H,1H3. The van der Waals surface area contributed by atoms with E-state index >= 15 is 0 Å². The van der Waals surface area contributed by atoms with E-state index in [0.717, 1.165) is 45.3 Å². The van der Waals surface area contributed by atoms with Crippen LogP contribution in [-0.2, 0) is 13.1 Å². The summed E-state index contributed by atoms with van der Waals surface area (Å²) in [5.41, 5.74) is 7.93. The molecule has 2 heterocycles. The lowest BCUT2D eigenvalue weighted by molar-refractivity contribution is -0.383. The molecule has 4 aromatic rings. The quantitative estimate of drug-likeness (QED) is 0.0845. The van der Waals surface area contributed by atoms with Gasteiger partial charge in [0.15, 0.2) is 0 Å². The number of nitrogen functional groups attached to an aromatic ring is 1. The van der Waals surface area contributed by atoms with Crippen molar-refractivity contribution >= 4 is 46.0 Å². The van der Waals surface area contributed by atoms with E-state index in [-0.39, 0.29) is 5.69 Å². The monoisotopic (exact) mass is 562 g/mol. The lowest BCUT2D eigenvalue weighted by Crippen LogP contribution is -2.07. The van der Waals surface area contributed by atoms with Crippen LogP contribution in [-0.4, -0.2) is 49.3 Å². The Labute approximate surface area is 231 Å². The number of hydrogen-bond donors (Lipinski definition) is 4. The third-order valence-electron chi connectivity index (χ3n) is 5.11. The van der Waals surface area contributed by atoms with Gasteiger partial charge in [-0.2, -0.15) is 0 Å². The number of nitrogens with zero attached hydrogens (tertiary/aromatic N) is 5. The molecule has 38 heavy (non-hydrogen) atoms. The number of aliphatic hydroxyl groups excluding tert-OH is 1. The second kappa shape index (κ2) is 16.8. The maximum Gasteiger partial charge on any atom is 0.293 e. The van der Waals surface area contributed by atoms with E-state index in [1.807, 2.05) is 40.0 Å². The minimum atomic E-state index is -0.440. The molecule has 0 radical (unpaired) electrons. The fraction of sp³-hybridized carbons (Fsp3) is 0.280. The highest BCUT2D eigenvalue weighted by atomic mass is 35.5. The summed E-state index contributed by atoms with van der Waals surface area (Å²) >= 11 is 11.6. The average molecular weight is 563 g/mol. The molecule has 0 spiro atoms. The van der Waals surface area contributed by atoms with E-state index in [4.69, 9.17) is 34.0 Å². The molecular formula is C25H32Cl2N8O3. The molecule has 0 unspecified atom stereocenters. The molecule has 4 rings (SSSR count). The zero-order valence-electron chi connectivity index (χ0n) is 21.0. The van der Waals surface area contributed by atoms with E-state index in [0.29, 0.717) is 28.0 Å². The highest BCUT2D eigenvalue weighted by Gasteiger charge is 2.13. The minimum Gasteiger partial charge on any atom is -0.400 e. The molecule has 11 nitrogen and oxygen atoms in total. The molecule has 13 heteroatoms. The van der Waals surface area contributed by atoms with Crippen LogP contribution in [0.15, 0.2) is 73.8 Å². The molecule has 204 valence electrons. The summed E-state index contributed by atoms with van der Waals surface area (Å²) in [4.78, 5) is 18.4. The Morgan fingerprint density at radius 3 is 1.87 bits per heavy atom. The topological polar surface area (TPSA) is 149 Å². The molecule has 0 aliphatic carbocycles. The van der Waals surface area contributed by atoms with Gasteiger partial charge in [-0.3, -0.25) is 10.1 Å². The van der Waals surface area contributed by atoms with Crippen molar-refractivity contribution in [1.29, 1.82) is 0 Å². The van der Waals surface area contributed by atoms with Gasteiger partial charge in [0.2, 0.25) is 0 Å². The third-order valence-corrected chi connectivity index (χ3v) is 5.58. The number of hydrogen-bond acceptors (Lipinski definition) is 8. The fourth-order valence-corrected chi connectivity index (χ4v) is 3.65. The third kappa shape index (κ3) is 10.7. The number of nitro benzene ring substituents is 1. The van der Waals surface area contributed by atoms with E-state index in [2.05, 4.69) is 20.6 Å². The van der Waals surface area contributed by atoms with Crippen LogP contribution in [0, 0.1) is 10.1 Å². The molecule has 0 fully saturated rings. The van der Waals surface area contributed by atoms with Gasteiger partial charge < -0.3 is 30.6 Å². The first-order valence-electron chi connectivity index (χ1n) is 11.8. The fourth-order valence-electron chi connectivity index (χ4n) is 3.31. The molecule has 5 N–H and O–H groups in total. The van der Waals surface area contributed by atoms with E-state index in [9.17, 15) is 10.1 Å². The van der Waals surface area contributed by atoms with Crippen LogP contribution in [0.5, 0.6) is 0 Å². The lowest BCUT2D eigenvalue weighted by Gasteiger charge is -2.09. The summed E-state index contributed by atoms with van der Waals surface area (Å²) in [6.07, 6.45) is 12.7. The highest BCUT2D eigenvalue weighted by molar-refractivity contribution is 6.31. The van der Waals surface area contributed by atoms with Crippen molar-refractivity contribution in [3.8, 4) is 0 Å². The van der Waals surface area contributed by atoms with Crippen LogP contribution in [0.3, 0.4) is 0 Å². The Morgan fingerprint density at radius 1 is 0.895 bits per heavy atom. The van der Waals surface area contributed by atoms with Crippen molar-refractivity contribution in [2.45, 2.75) is 25.9 Å². The van der Waals surface area contributed by atoms with Crippen molar-refractivity contribution < 1.29 is 10.0 Å². The van der Waals surface area contributed by atoms with Crippen molar-refractivity contribution in [1.82, 2.24) is 19.1 Å². The van der Waals surface area contributed by atoms with Gasteiger partial charge in [0.25, 0.3) is 5.69 Å². The molecule has 0 amide bonds. The second-order valence-corrected chi connectivity index (χ2v) is 8.68. The smallest absolute Gasteiger partial charge is 0.293 e.